The van der Waals surface area contributed by atoms with Crippen LogP contribution in [0.5, 0.6) is 0 Å². The van der Waals surface area contributed by atoms with Gasteiger partial charge in [-0.25, -0.2) is 0 Å². The van der Waals surface area contributed by atoms with E-state index in [4.69, 9.17) is 28.2 Å². The summed E-state index contributed by atoms with van der Waals surface area (Å²) >= 11 is 16.4. The maximum absolute atomic E-state index is 6.96. The predicted octanol–water partition coefficient (Wildman–Crippen LogP) is 8.42. The zero-order chi connectivity index (χ0) is 27.1. The van der Waals surface area contributed by atoms with Gasteiger partial charge in [-0.05, 0) is 85.1 Å². The van der Waals surface area contributed by atoms with Gasteiger partial charge in [-0.1, -0.05) is 59.6 Å². The molecule has 1 N–H and O–H groups in total. The molecule has 0 bridgehead atoms. The first-order valence-corrected chi connectivity index (χ1v) is 14.9. The first kappa shape index (κ1) is 26.4. The minimum absolute atomic E-state index is 0.190. The monoisotopic (exact) mass is 620 g/mol. The van der Waals surface area contributed by atoms with Crippen LogP contribution in [0.1, 0.15) is 43.8 Å². The first-order chi connectivity index (χ1) is 18.9. The Balaban J connectivity index is 1.38. The van der Waals surface area contributed by atoms with E-state index in [0.717, 1.165) is 56.7 Å². The summed E-state index contributed by atoms with van der Waals surface area (Å²) in [7, 11) is 0. The van der Waals surface area contributed by atoms with Gasteiger partial charge < -0.3 is 19.5 Å². The minimum Gasteiger partial charge on any atom is -0.459 e. The lowest BCUT2D eigenvalue weighted by Crippen LogP contribution is -2.38. The van der Waals surface area contributed by atoms with Gasteiger partial charge in [-0.3, -0.25) is 4.98 Å². The van der Waals surface area contributed by atoms with Crippen molar-refractivity contribution in [1.82, 2.24) is 10.3 Å². The van der Waals surface area contributed by atoms with E-state index in [9.17, 15) is 0 Å². The van der Waals surface area contributed by atoms with Crippen molar-refractivity contribution in [2.45, 2.75) is 32.4 Å². The molecule has 2 aliphatic rings. The minimum atomic E-state index is -0.242. The van der Waals surface area contributed by atoms with Crippen LogP contribution in [0.3, 0.4) is 0 Å². The maximum atomic E-state index is 6.96. The van der Waals surface area contributed by atoms with E-state index in [-0.39, 0.29) is 12.1 Å². The molecule has 0 aliphatic carbocycles. The predicted molar refractivity (Wildman–Crippen MR) is 166 cm³/mol. The number of pyridine rings is 1. The largest absolute Gasteiger partial charge is 0.459 e. The zero-order valence-corrected chi connectivity index (χ0v) is 25.0. The van der Waals surface area contributed by atoms with Crippen LogP contribution in [0.2, 0.25) is 5.02 Å². The van der Waals surface area contributed by atoms with Gasteiger partial charge in [0.1, 0.15) is 17.6 Å². The number of hydrogen-bond acceptors (Lipinski definition) is 4. The van der Waals surface area contributed by atoms with Crippen LogP contribution in [-0.2, 0) is 0 Å². The van der Waals surface area contributed by atoms with E-state index in [2.05, 4.69) is 62.0 Å². The van der Waals surface area contributed by atoms with Gasteiger partial charge in [0, 0.05) is 35.0 Å². The molecule has 6 rings (SSSR count). The molecule has 0 spiro atoms. The molecule has 8 heteroatoms. The number of benzene rings is 2. The number of furan rings is 1. The standard InChI is InChI=1S/C31H30BrClN4OS/c1-19-15-20(2)18-36(17-19)26-11-10-23(16-24(26)33)37-30(29(35-31(37)39)25-5-3-4-14-34-25)28-13-12-27(38-28)21-6-8-22(32)9-7-21/h3-14,16,19-20,29-30H,15,17-18H2,1-2H3,(H,35,39). The van der Waals surface area contributed by atoms with Crippen molar-refractivity contribution < 1.29 is 4.42 Å². The van der Waals surface area contributed by atoms with Crippen molar-refractivity contribution in [2.24, 2.45) is 11.8 Å². The fourth-order valence-electron chi connectivity index (χ4n) is 5.96. The van der Waals surface area contributed by atoms with Crippen LogP contribution < -0.4 is 15.1 Å². The van der Waals surface area contributed by atoms with Crippen molar-refractivity contribution in [3.05, 3.63) is 99.9 Å². The maximum Gasteiger partial charge on any atom is 0.174 e. The van der Waals surface area contributed by atoms with E-state index in [0.29, 0.717) is 16.9 Å². The molecular formula is C31H30BrClN4OS. The van der Waals surface area contributed by atoms with Crippen LogP contribution in [0.25, 0.3) is 11.3 Å². The Morgan fingerprint density at radius 3 is 2.46 bits per heavy atom. The van der Waals surface area contributed by atoms with Crippen molar-refractivity contribution in [3.8, 4) is 11.3 Å². The average Bonchev–Trinajstić information content (AvgIpc) is 3.53. The van der Waals surface area contributed by atoms with E-state index in [1.165, 1.54) is 6.42 Å². The Bertz CT molecular complexity index is 1470. The summed E-state index contributed by atoms with van der Waals surface area (Å²) in [4.78, 5) is 9.17. The number of anilines is 2. The molecule has 2 aromatic carbocycles. The molecule has 2 aromatic heterocycles. The summed E-state index contributed by atoms with van der Waals surface area (Å²) in [5.41, 5.74) is 3.90. The molecule has 39 heavy (non-hydrogen) atoms. The number of nitrogens with one attached hydrogen (secondary N) is 1. The van der Waals surface area contributed by atoms with Gasteiger partial charge in [-0.2, -0.15) is 0 Å². The average molecular weight is 622 g/mol. The topological polar surface area (TPSA) is 44.5 Å². The second-order valence-electron chi connectivity index (χ2n) is 10.7. The van der Waals surface area contributed by atoms with E-state index >= 15 is 0 Å². The molecule has 2 fully saturated rings. The Hall–Kier alpha value is -2.87. The Kier molecular flexibility index (Phi) is 7.40. The molecule has 2 aliphatic heterocycles. The molecule has 0 amide bonds. The van der Waals surface area contributed by atoms with Gasteiger partial charge >= 0.3 is 0 Å². The lowest BCUT2D eigenvalue weighted by atomic mass is 9.91. The second kappa shape index (κ2) is 11.0. The van der Waals surface area contributed by atoms with Gasteiger partial charge in [0.05, 0.1) is 22.4 Å². The molecule has 4 aromatic rings. The lowest BCUT2D eigenvalue weighted by molar-refractivity contribution is 0.357. The fraction of sp³-hybridized carbons (Fsp3) is 0.290. The summed E-state index contributed by atoms with van der Waals surface area (Å²) in [5, 5.41) is 4.85. The van der Waals surface area contributed by atoms with Crippen LogP contribution in [0.4, 0.5) is 11.4 Å². The second-order valence-corrected chi connectivity index (χ2v) is 12.4. The number of aromatic nitrogens is 1. The zero-order valence-electron chi connectivity index (χ0n) is 21.9. The van der Waals surface area contributed by atoms with Crippen molar-refractivity contribution in [3.63, 3.8) is 0 Å². The Labute approximate surface area is 248 Å². The highest BCUT2D eigenvalue weighted by atomic mass is 79.9. The Morgan fingerprint density at radius 2 is 1.77 bits per heavy atom. The number of halogens is 2. The normalized spacial score (nSPS) is 23.2. The number of thiocarbonyl (C=S) groups is 1. The quantitative estimate of drug-likeness (QED) is 0.226. The Morgan fingerprint density at radius 1 is 1.00 bits per heavy atom. The molecular weight excluding hydrogens is 592 g/mol. The van der Waals surface area contributed by atoms with Crippen molar-refractivity contribution >= 4 is 56.2 Å². The third-order valence-corrected chi connectivity index (χ3v) is 8.71. The molecule has 4 heterocycles. The van der Waals surface area contributed by atoms with Crippen molar-refractivity contribution in [2.75, 3.05) is 22.9 Å². The number of hydrogen-bond donors (Lipinski definition) is 1. The number of rotatable bonds is 5. The van der Waals surface area contributed by atoms with Crippen LogP contribution in [0, 0.1) is 11.8 Å². The summed E-state index contributed by atoms with van der Waals surface area (Å²) in [6.07, 6.45) is 3.06. The van der Waals surface area contributed by atoms with Gasteiger partial charge in [0.25, 0.3) is 0 Å². The summed E-state index contributed by atoms with van der Waals surface area (Å²) < 4.78 is 7.52. The smallest absolute Gasteiger partial charge is 0.174 e. The highest BCUT2D eigenvalue weighted by Gasteiger charge is 2.43. The first-order valence-electron chi connectivity index (χ1n) is 13.3. The van der Waals surface area contributed by atoms with Gasteiger partial charge in [-0.15, -0.1) is 0 Å². The van der Waals surface area contributed by atoms with E-state index in [1.807, 2.05) is 60.7 Å². The molecule has 4 atom stereocenters. The SMILES string of the molecule is CC1CC(C)CN(c2ccc(N3C(=S)NC(c4ccccn4)C3c3ccc(-c4ccc(Br)cc4)o3)cc2Cl)C1. The van der Waals surface area contributed by atoms with Crippen LogP contribution >= 0.6 is 39.7 Å². The third-order valence-electron chi connectivity index (χ3n) is 7.56. The van der Waals surface area contributed by atoms with Crippen LogP contribution in [-0.4, -0.2) is 23.2 Å². The van der Waals surface area contributed by atoms with E-state index < -0.39 is 0 Å². The van der Waals surface area contributed by atoms with E-state index in [1.54, 1.807) is 6.20 Å². The summed E-state index contributed by atoms with van der Waals surface area (Å²) in [6, 6.07) is 23.9. The number of piperidine rings is 1. The highest BCUT2D eigenvalue weighted by molar-refractivity contribution is 9.10. The van der Waals surface area contributed by atoms with Gasteiger partial charge in [0.2, 0.25) is 0 Å². The lowest BCUT2D eigenvalue weighted by Gasteiger charge is -2.37. The molecule has 5 nitrogen and oxygen atoms in total. The number of nitrogens with zero attached hydrogens (tertiary/aromatic N) is 3. The molecule has 4 unspecified atom stereocenters. The third kappa shape index (κ3) is 5.32. The summed E-state index contributed by atoms with van der Waals surface area (Å²) in [6.45, 7) is 6.66. The molecule has 2 saturated heterocycles. The molecule has 200 valence electrons. The van der Waals surface area contributed by atoms with Crippen LogP contribution in [0.15, 0.2) is 87.9 Å². The highest BCUT2D eigenvalue weighted by Crippen LogP contribution is 2.44. The van der Waals surface area contributed by atoms with Crippen molar-refractivity contribution in [1.29, 1.82) is 0 Å². The van der Waals surface area contributed by atoms with Gasteiger partial charge in [0.15, 0.2) is 5.11 Å². The molecule has 0 radical (unpaired) electrons. The fourth-order valence-corrected chi connectivity index (χ4v) is 6.87. The summed E-state index contributed by atoms with van der Waals surface area (Å²) in [5.74, 6) is 2.89. The molecule has 0 saturated carbocycles.